The van der Waals surface area contributed by atoms with Gasteiger partial charge in [-0.15, -0.1) is 24.8 Å². The molecule has 0 saturated heterocycles. The van der Waals surface area contributed by atoms with Gasteiger partial charge in [0.2, 0.25) is 20.0 Å². The van der Waals surface area contributed by atoms with Gasteiger partial charge in [-0.1, -0.05) is 0 Å². The second kappa shape index (κ2) is 16.4. The molecule has 18 heteroatoms. The summed E-state index contributed by atoms with van der Waals surface area (Å²) in [6, 6.07) is 4.96. The SMILES string of the molecule is CN(C)CCN(C)S(=O)(=O)c1ccc(OC(=O)C(=O)Oc2ccc(S(=O)(=O)N(C)CCN(C)C)c(F)c2)cc1F.Cl.Cl. The average Bonchev–Trinajstić information content (AvgIpc) is 2.85. The summed E-state index contributed by atoms with van der Waals surface area (Å²) in [6.07, 6.45) is 0. The third-order valence-electron chi connectivity index (χ3n) is 5.50. The number of ether oxygens (including phenoxy) is 2. The van der Waals surface area contributed by atoms with Gasteiger partial charge in [0.15, 0.2) is 0 Å². The lowest BCUT2D eigenvalue weighted by molar-refractivity contribution is -0.156. The molecule has 2 aromatic carbocycles. The van der Waals surface area contributed by atoms with E-state index < -0.39 is 64.9 Å². The Morgan fingerprint density at radius 2 is 0.929 bits per heavy atom. The zero-order chi connectivity index (χ0) is 30.4. The number of carbonyl (C=O) groups excluding carboxylic acids is 2. The molecule has 0 radical (unpaired) electrons. The Balaban J connectivity index is 0.00000840. The van der Waals surface area contributed by atoms with E-state index in [1.165, 1.54) is 14.1 Å². The quantitative estimate of drug-likeness (QED) is 0.185. The van der Waals surface area contributed by atoms with E-state index in [4.69, 9.17) is 9.47 Å². The average molecular weight is 680 g/mol. The molecule has 0 aliphatic rings. The lowest BCUT2D eigenvalue weighted by Gasteiger charge is -2.20. The van der Waals surface area contributed by atoms with Crippen molar-refractivity contribution in [2.75, 3.05) is 68.5 Å². The molecular formula is C24H34Cl2F2N4O8S2. The lowest BCUT2D eigenvalue weighted by Crippen LogP contribution is -2.34. The molecule has 0 atom stereocenters. The monoisotopic (exact) mass is 678 g/mol. The number of likely N-dealkylation sites (N-methyl/N-ethyl adjacent to an activating group) is 4. The molecule has 0 bridgehead atoms. The minimum atomic E-state index is -4.18. The Bertz CT molecular complexity index is 1350. The second-order valence-electron chi connectivity index (χ2n) is 9.22. The number of esters is 2. The predicted octanol–water partition coefficient (Wildman–Crippen LogP) is 1.68. The van der Waals surface area contributed by atoms with Crippen molar-refractivity contribution in [2.45, 2.75) is 9.79 Å². The molecule has 0 N–H and O–H groups in total. The van der Waals surface area contributed by atoms with Crippen LogP contribution in [0.2, 0.25) is 0 Å². The molecule has 0 unspecified atom stereocenters. The van der Waals surface area contributed by atoms with Crippen LogP contribution in [0.1, 0.15) is 0 Å². The summed E-state index contributed by atoms with van der Waals surface area (Å²) in [5.41, 5.74) is 0. The number of sulfonamides is 2. The van der Waals surface area contributed by atoms with Gasteiger partial charge in [0.25, 0.3) is 0 Å². The van der Waals surface area contributed by atoms with Crippen molar-refractivity contribution in [1.29, 1.82) is 0 Å². The minimum absolute atomic E-state index is 0. The fraction of sp³-hybridized carbons (Fsp3) is 0.417. The zero-order valence-electron chi connectivity index (χ0n) is 23.7. The third kappa shape index (κ3) is 10.4. The predicted molar refractivity (Wildman–Crippen MR) is 155 cm³/mol. The van der Waals surface area contributed by atoms with Crippen molar-refractivity contribution < 1.29 is 44.7 Å². The van der Waals surface area contributed by atoms with E-state index in [0.29, 0.717) is 25.2 Å². The van der Waals surface area contributed by atoms with Gasteiger partial charge in [-0.25, -0.2) is 35.2 Å². The fourth-order valence-corrected chi connectivity index (χ4v) is 5.47. The Labute approximate surface area is 257 Å². The first-order valence-corrected chi connectivity index (χ1v) is 14.6. The maximum absolute atomic E-state index is 14.6. The van der Waals surface area contributed by atoms with Crippen molar-refractivity contribution in [2.24, 2.45) is 0 Å². The molecule has 0 aliphatic carbocycles. The summed E-state index contributed by atoms with van der Waals surface area (Å²) in [5.74, 6) is -6.63. The molecule has 42 heavy (non-hydrogen) atoms. The van der Waals surface area contributed by atoms with Crippen LogP contribution in [0.15, 0.2) is 46.2 Å². The number of halogens is 4. The largest absolute Gasteiger partial charge is 0.423 e. The molecule has 238 valence electrons. The van der Waals surface area contributed by atoms with Gasteiger partial charge in [-0.2, -0.15) is 8.61 Å². The van der Waals surface area contributed by atoms with E-state index in [9.17, 15) is 35.2 Å². The van der Waals surface area contributed by atoms with Crippen LogP contribution < -0.4 is 9.47 Å². The Morgan fingerprint density at radius 3 is 1.19 bits per heavy atom. The van der Waals surface area contributed by atoms with Crippen LogP contribution in [-0.2, 0) is 29.6 Å². The van der Waals surface area contributed by atoms with E-state index >= 15 is 0 Å². The Morgan fingerprint density at radius 1 is 0.619 bits per heavy atom. The summed E-state index contributed by atoms with van der Waals surface area (Å²) < 4.78 is 91.2. The van der Waals surface area contributed by atoms with Crippen molar-refractivity contribution in [3.05, 3.63) is 48.0 Å². The van der Waals surface area contributed by atoms with Gasteiger partial charge in [0.1, 0.15) is 32.9 Å². The smallest absolute Gasteiger partial charge is 0.418 e. The van der Waals surface area contributed by atoms with Crippen molar-refractivity contribution in [3.8, 4) is 11.5 Å². The van der Waals surface area contributed by atoms with Crippen LogP contribution in [-0.4, -0.2) is 116 Å². The molecule has 2 rings (SSSR count). The topological polar surface area (TPSA) is 134 Å². The van der Waals surface area contributed by atoms with E-state index in [0.717, 1.165) is 32.9 Å². The van der Waals surface area contributed by atoms with Gasteiger partial charge in [-0.05, 0) is 52.5 Å². The van der Waals surface area contributed by atoms with Gasteiger partial charge in [0.05, 0.1) is 0 Å². The molecular weight excluding hydrogens is 645 g/mol. The van der Waals surface area contributed by atoms with Crippen LogP contribution in [0.25, 0.3) is 0 Å². The maximum Gasteiger partial charge on any atom is 0.423 e. The number of benzene rings is 2. The standard InChI is InChI=1S/C24H32F2N4O8S2.2ClH/c1-27(2)11-13-29(5)39(33,34)21-9-7-17(15-19(21)25)37-23(31)24(32)38-18-8-10-22(20(26)16-18)40(35,36)30(6)14-12-28(3)4;;/h7-10,15-16H,11-14H2,1-6H3;2*1H. The molecule has 0 aliphatic heterocycles. The van der Waals surface area contributed by atoms with Crippen LogP contribution >= 0.6 is 24.8 Å². The van der Waals surface area contributed by atoms with Crippen molar-refractivity contribution in [3.63, 3.8) is 0 Å². The van der Waals surface area contributed by atoms with Crippen LogP contribution in [0.3, 0.4) is 0 Å². The van der Waals surface area contributed by atoms with Gasteiger partial charge >= 0.3 is 11.9 Å². The normalized spacial score (nSPS) is 11.8. The molecule has 0 spiro atoms. The number of nitrogens with zero attached hydrogens (tertiary/aromatic N) is 4. The number of carbonyl (C=O) groups is 2. The van der Waals surface area contributed by atoms with Crippen LogP contribution in [0, 0.1) is 11.6 Å². The van der Waals surface area contributed by atoms with Gasteiger partial charge in [-0.3, -0.25) is 0 Å². The number of hydrogen-bond acceptors (Lipinski definition) is 10. The first-order valence-electron chi connectivity index (χ1n) is 11.7. The molecule has 0 aromatic heterocycles. The highest BCUT2D eigenvalue weighted by Crippen LogP contribution is 2.25. The van der Waals surface area contributed by atoms with E-state index in [-0.39, 0.29) is 37.9 Å². The summed E-state index contributed by atoms with van der Waals surface area (Å²) >= 11 is 0. The molecule has 0 fully saturated rings. The van der Waals surface area contributed by atoms with E-state index in [1.54, 1.807) is 38.0 Å². The van der Waals surface area contributed by atoms with E-state index in [1.807, 2.05) is 0 Å². The summed E-state index contributed by atoms with van der Waals surface area (Å²) in [5, 5.41) is 0. The van der Waals surface area contributed by atoms with Crippen LogP contribution in [0.5, 0.6) is 11.5 Å². The first kappa shape index (κ1) is 39.6. The number of rotatable bonds is 12. The summed E-state index contributed by atoms with van der Waals surface area (Å²) in [4.78, 5) is 26.5. The Kier molecular flexibility index (Phi) is 15.5. The Hall–Kier alpha value is -2.44. The van der Waals surface area contributed by atoms with Gasteiger partial charge in [0, 0.05) is 52.4 Å². The van der Waals surface area contributed by atoms with Crippen molar-refractivity contribution in [1.82, 2.24) is 18.4 Å². The molecule has 2 aromatic rings. The maximum atomic E-state index is 14.6. The van der Waals surface area contributed by atoms with Crippen molar-refractivity contribution >= 4 is 56.8 Å². The molecule has 0 amide bonds. The molecule has 0 heterocycles. The second-order valence-corrected chi connectivity index (χ2v) is 13.2. The summed E-state index contributed by atoms with van der Waals surface area (Å²) in [6.45, 7) is 0.979. The number of hydrogen-bond donors (Lipinski definition) is 0. The zero-order valence-corrected chi connectivity index (χ0v) is 27.0. The molecule has 0 saturated carbocycles. The van der Waals surface area contributed by atoms with E-state index in [2.05, 4.69) is 0 Å². The lowest BCUT2D eigenvalue weighted by atomic mass is 10.3. The first-order chi connectivity index (χ1) is 18.5. The van der Waals surface area contributed by atoms with Crippen LogP contribution in [0.4, 0.5) is 8.78 Å². The highest BCUT2D eigenvalue weighted by Gasteiger charge is 2.28. The molecule has 12 nitrogen and oxygen atoms in total. The highest BCUT2D eigenvalue weighted by molar-refractivity contribution is 7.89. The highest BCUT2D eigenvalue weighted by atomic mass is 35.5. The van der Waals surface area contributed by atoms with Gasteiger partial charge < -0.3 is 19.3 Å². The minimum Gasteiger partial charge on any atom is -0.418 e. The third-order valence-corrected chi connectivity index (χ3v) is 9.28. The fourth-order valence-electron chi connectivity index (χ4n) is 3.06. The summed E-state index contributed by atoms with van der Waals surface area (Å²) in [7, 11) is 1.21.